The van der Waals surface area contributed by atoms with Gasteiger partial charge < -0.3 is 41.9 Å². The van der Waals surface area contributed by atoms with Crippen LogP contribution in [-0.4, -0.2) is 79.6 Å². The molecule has 36 heavy (non-hydrogen) atoms. The van der Waals surface area contributed by atoms with Crippen LogP contribution in [0, 0.1) is 0 Å². The molecule has 13 nitrogen and oxygen atoms in total. The monoisotopic (exact) mass is 499 g/mol. The highest BCUT2D eigenvalue weighted by molar-refractivity contribution is 5.93. The number of para-hydroxylation sites is 1. The van der Waals surface area contributed by atoms with Crippen molar-refractivity contribution < 1.29 is 29.4 Å². The molecule has 0 aliphatic carbocycles. The molecule has 0 saturated carbocycles. The molecular formula is C23H29N7O6. The first-order valence-corrected chi connectivity index (χ1v) is 11.2. The van der Waals surface area contributed by atoms with Gasteiger partial charge in [-0.2, -0.15) is 0 Å². The van der Waals surface area contributed by atoms with Crippen LogP contribution in [0.4, 0.5) is 0 Å². The summed E-state index contributed by atoms with van der Waals surface area (Å²) in [6, 6.07) is 3.77. The number of hydrogen-bond acceptors (Lipinski definition) is 7. The Balaban J connectivity index is 1.60. The summed E-state index contributed by atoms with van der Waals surface area (Å²) in [5.74, 6) is -3.40. The summed E-state index contributed by atoms with van der Waals surface area (Å²) in [6.07, 6.45) is 3.47. The molecule has 0 bridgehead atoms. The van der Waals surface area contributed by atoms with Gasteiger partial charge in [0.15, 0.2) is 0 Å². The van der Waals surface area contributed by atoms with E-state index in [1.54, 1.807) is 6.20 Å². The molecule has 4 unspecified atom stereocenters. The zero-order chi connectivity index (χ0) is 26.2. The maximum absolute atomic E-state index is 12.8. The van der Waals surface area contributed by atoms with Crippen molar-refractivity contribution in [1.82, 2.24) is 30.9 Å². The van der Waals surface area contributed by atoms with Crippen LogP contribution in [0.25, 0.3) is 10.9 Å². The third kappa shape index (κ3) is 6.90. The van der Waals surface area contributed by atoms with Gasteiger partial charge in [0.05, 0.1) is 19.0 Å². The van der Waals surface area contributed by atoms with Crippen molar-refractivity contribution in [2.24, 2.45) is 5.73 Å². The molecule has 192 valence electrons. The van der Waals surface area contributed by atoms with Crippen LogP contribution in [0.2, 0.25) is 0 Å². The number of aliphatic hydroxyl groups excluding tert-OH is 1. The van der Waals surface area contributed by atoms with E-state index in [4.69, 9.17) is 5.73 Å². The second-order valence-electron chi connectivity index (χ2n) is 8.35. The van der Waals surface area contributed by atoms with E-state index in [2.05, 4.69) is 30.9 Å². The third-order valence-electron chi connectivity index (χ3n) is 5.59. The minimum atomic E-state index is -1.26. The summed E-state index contributed by atoms with van der Waals surface area (Å²) in [7, 11) is 0. The van der Waals surface area contributed by atoms with E-state index >= 15 is 0 Å². The van der Waals surface area contributed by atoms with Crippen LogP contribution in [0.3, 0.4) is 0 Å². The Bertz CT molecular complexity index is 1210. The number of aliphatic carboxylic acids is 1. The number of aromatic nitrogens is 3. The lowest BCUT2D eigenvalue weighted by molar-refractivity contribution is -0.141. The fourth-order valence-electron chi connectivity index (χ4n) is 3.57. The number of carbonyl (C=O) groups excluding carboxylic acids is 3. The number of carboxylic acids is 1. The number of carboxylic acid groups (broad SMARTS) is 1. The van der Waals surface area contributed by atoms with Crippen molar-refractivity contribution in [3.8, 4) is 0 Å². The molecule has 2 aromatic heterocycles. The molecule has 4 atom stereocenters. The Morgan fingerprint density at radius 3 is 2.47 bits per heavy atom. The van der Waals surface area contributed by atoms with Crippen molar-refractivity contribution in [3.63, 3.8) is 0 Å². The van der Waals surface area contributed by atoms with Crippen LogP contribution in [0.1, 0.15) is 18.2 Å². The number of fused-ring (bicyclic) bond motifs is 1. The second-order valence-corrected chi connectivity index (χ2v) is 8.35. The van der Waals surface area contributed by atoms with E-state index in [0.29, 0.717) is 5.69 Å². The maximum Gasteiger partial charge on any atom is 0.326 e. The van der Waals surface area contributed by atoms with Gasteiger partial charge in [-0.1, -0.05) is 18.2 Å². The lowest BCUT2D eigenvalue weighted by Gasteiger charge is -2.21. The first kappa shape index (κ1) is 26.4. The van der Waals surface area contributed by atoms with E-state index in [1.165, 1.54) is 19.4 Å². The lowest BCUT2D eigenvalue weighted by Crippen LogP contribution is -2.56. The number of imidazole rings is 1. The Kier molecular flexibility index (Phi) is 8.76. The smallest absolute Gasteiger partial charge is 0.326 e. The molecule has 3 aromatic rings. The summed E-state index contributed by atoms with van der Waals surface area (Å²) in [6.45, 7) is 0.821. The number of nitrogens with zero attached hydrogens (tertiary/aromatic N) is 1. The van der Waals surface area contributed by atoms with Crippen LogP contribution < -0.4 is 21.7 Å². The van der Waals surface area contributed by atoms with Gasteiger partial charge in [0.1, 0.15) is 18.1 Å². The fourth-order valence-corrected chi connectivity index (χ4v) is 3.57. The van der Waals surface area contributed by atoms with Crippen molar-refractivity contribution in [2.75, 3.05) is 6.54 Å². The molecule has 13 heteroatoms. The van der Waals surface area contributed by atoms with E-state index in [0.717, 1.165) is 16.5 Å². The number of carbonyl (C=O) groups is 4. The molecule has 1 aromatic carbocycles. The van der Waals surface area contributed by atoms with Crippen LogP contribution in [0.15, 0.2) is 43.0 Å². The van der Waals surface area contributed by atoms with E-state index in [-0.39, 0.29) is 12.8 Å². The molecule has 0 spiro atoms. The summed E-state index contributed by atoms with van der Waals surface area (Å²) < 4.78 is 0. The van der Waals surface area contributed by atoms with Crippen LogP contribution in [0.5, 0.6) is 0 Å². The summed E-state index contributed by atoms with van der Waals surface area (Å²) >= 11 is 0. The molecule has 9 N–H and O–H groups in total. The van der Waals surface area contributed by atoms with Gasteiger partial charge >= 0.3 is 5.97 Å². The second kappa shape index (κ2) is 12.0. The zero-order valence-electron chi connectivity index (χ0n) is 19.5. The van der Waals surface area contributed by atoms with E-state index < -0.39 is 54.5 Å². The van der Waals surface area contributed by atoms with Gasteiger partial charge in [-0.25, -0.2) is 9.78 Å². The number of H-pyrrole nitrogens is 2. The normalized spacial score (nSPS) is 14.4. The number of hydrogen-bond donors (Lipinski definition) is 8. The maximum atomic E-state index is 12.8. The standard InChI is InChI=1S/C23H29N7O6/c1-12(31)20(24)22(34)30-17(7-14-9-25-11-28-14)21(33)27-10-19(32)29-18(23(35)36)6-13-8-26-16-5-3-2-4-15(13)16/h2-5,8-9,11-12,17-18,20,26,31H,6-7,10,24H2,1H3,(H,25,28)(H,27,33)(H,29,32)(H,30,34)(H,35,36). The van der Waals surface area contributed by atoms with E-state index in [9.17, 15) is 29.4 Å². The van der Waals surface area contributed by atoms with Gasteiger partial charge in [0.25, 0.3) is 0 Å². The number of nitrogens with two attached hydrogens (primary N) is 1. The highest BCUT2D eigenvalue weighted by atomic mass is 16.4. The molecule has 0 fully saturated rings. The molecule has 3 rings (SSSR count). The Hall–Kier alpha value is -4.23. The highest BCUT2D eigenvalue weighted by Gasteiger charge is 2.27. The van der Waals surface area contributed by atoms with Gasteiger partial charge in [0.2, 0.25) is 17.7 Å². The third-order valence-corrected chi connectivity index (χ3v) is 5.59. The Labute approximate surface area is 205 Å². The average Bonchev–Trinajstić information content (AvgIpc) is 3.51. The number of aliphatic hydroxyl groups is 1. The van der Waals surface area contributed by atoms with Crippen molar-refractivity contribution in [1.29, 1.82) is 0 Å². The molecule has 3 amide bonds. The van der Waals surface area contributed by atoms with Gasteiger partial charge in [-0.15, -0.1) is 0 Å². The molecular weight excluding hydrogens is 470 g/mol. The summed E-state index contributed by atoms with van der Waals surface area (Å²) in [4.78, 5) is 59.0. The quantitative estimate of drug-likeness (QED) is 0.147. The lowest BCUT2D eigenvalue weighted by atomic mass is 10.0. The van der Waals surface area contributed by atoms with Crippen molar-refractivity contribution >= 4 is 34.6 Å². The first-order chi connectivity index (χ1) is 17.2. The van der Waals surface area contributed by atoms with Crippen LogP contribution >= 0.6 is 0 Å². The van der Waals surface area contributed by atoms with Gasteiger partial charge in [-0.3, -0.25) is 14.4 Å². The number of rotatable bonds is 12. The Morgan fingerprint density at radius 2 is 1.81 bits per heavy atom. The van der Waals surface area contributed by atoms with Crippen molar-refractivity contribution in [3.05, 3.63) is 54.2 Å². The largest absolute Gasteiger partial charge is 0.480 e. The number of amides is 3. The molecule has 2 heterocycles. The SMILES string of the molecule is CC(O)C(N)C(=O)NC(Cc1cnc[nH]1)C(=O)NCC(=O)NC(Cc1c[nH]c2ccccc12)C(=O)O. The number of nitrogens with one attached hydrogen (secondary N) is 5. The molecule has 0 saturated heterocycles. The predicted octanol–water partition coefficient (Wildman–Crippen LogP) is -1.45. The molecule has 0 radical (unpaired) electrons. The van der Waals surface area contributed by atoms with Crippen molar-refractivity contribution in [2.45, 2.75) is 44.0 Å². The van der Waals surface area contributed by atoms with Gasteiger partial charge in [0, 0.05) is 41.8 Å². The zero-order valence-corrected chi connectivity index (χ0v) is 19.5. The minimum absolute atomic E-state index is 0.0179. The fraction of sp³-hybridized carbons (Fsp3) is 0.348. The summed E-state index contributed by atoms with van der Waals surface area (Å²) in [5, 5.41) is 27.3. The summed E-state index contributed by atoms with van der Waals surface area (Å²) in [5.41, 5.74) is 7.74. The molecule has 0 aliphatic rings. The van der Waals surface area contributed by atoms with Gasteiger partial charge in [-0.05, 0) is 18.6 Å². The topological polar surface area (TPSA) is 215 Å². The highest BCUT2D eigenvalue weighted by Crippen LogP contribution is 2.19. The first-order valence-electron chi connectivity index (χ1n) is 11.2. The number of benzene rings is 1. The minimum Gasteiger partial charge on any atom is -0.480 e. The average molecular weight is 500 g/mol. The number of aromatic amines is 2. The predicted molar refractivity (Wildman–Crippen MR) is 128 cm³/mol. The van der Waals surface area contributed by atoms with Crippen LogP contribution in [-0.2, 0) is 32.0 Å². The molecule has 0 aliphatic heterocycles. The van der Waals surface area contributed by atoms with E-state index in [1.807, 2.05) is 24.3 Å². The Morgan fingerprint density at radius 1 is 1.06 bits per heavy atom.